The minimum atomic E-state index is -0.251. The predicted molar refractivity (Wildman–Crippen MR) is 81.3 cm³/mol. The molecule has 0 aliphatic carbocycles. The molecule has 0 heterocycles. The van der Waals surface area contributed by atoms with Crippen LogP contribution in [0.1, 0.15) is 59.3 Å². The van der Waals surface area contributed by atoms with E-state index < -0.39 is 0 Å². The summed E-state index contributed by atoms with van der Waals surface area (Å²) < 4.78 is 4.99. The van der Waals surface area contributed by atoms with Crippen LogP contribution >= 0.6 is 0 Å². The Kier molecular flexibility index (Phi) is 11.7. The molecule has 0 saturated carbocycles. The minimum absolute atomic E-state index is 0.251. The first-order valence-corrected chi connectivity index (χ1v) is 7.72. The summed E-state index contributed by atoms with van der Waals surface area (Å²) in [5.74, 6) is -0.251. The van der Waals surface area contributed by atoms with E-state index >= 15 is 0 Å². The fraction of sp³-hybridized carbons (Fsp3) is 0.812. The van der Waals surface area contributed by atoms with E-state index in [1.54, 1.807) is 0 Å². The van der Waals surface area contributed by atoms with Crippen molar-refractivity contribution in [2.24, 2.45) is 0 Å². The number of hydrogen-bond donors (Lipinski definition) is 0. The molecule has 0 aromatic rings. The third kappa shape index (κ3) is 9.71. The molecule has 3 heteroatoms. The highest BCUT2D eigenvalue weighted by Gasteiger charge is 2.12. The van der Waals surface area contributed by atoms with Crippen molar-refractivity contribution in [3.63, 3.8) is 0 Å². The van der Waals surface area contributed by atoms with Gasteiger partial charge in [0.1, 0.15) is 0 Å². The van der Waals surface area contributed by atoms with Gasteiger partial charge in [0, 0.05) is 12.1 Å². The van der Waals surface area contributed by atoms with E-state index in [1.165, 1.54) is 38.5 Å². The van der Waals surface area contributed by atoms with E-state index in [1.807, 2.05) is 6.92 Å². The standard InChI is InChI=1S/C16H31NO2/c1-5-8-10-12-17(13-11-9-6-2)14-15(4)16(18)19-7-3/h4-14H2,1-3H3. The number of unbranched alkanes of at least 4 members (excludes halogenated alkanes) is 4. The Hall–Kier alpha value is -0.830. The Morgan fingerprint density at radius 1 is 1.00 bits per heavy atom. The number of carbonyl (C=O) groups excluding carboxylic acids is 1. The molecule has 0 fully saturated rings. The van der Waals surface area contributed by atoms with Crippen molar-refractivity contribution < 1.29 is 9.53 Å². The molecule has 112 valence electrons. The van der Waals surface area contributed by atoms with E-state index in [2.05, 4.69) is 25.3 Å². The second kappa shape index (κ2) is 12.2. The number of hydrogen-bond acceptors (Lipinski definition) is 3. The van der Waals surface area contributed by atoms with Crippen LogP contribution in [0, 0.1) is 0 Å². The van der Waals surface area contributed by atoms with Crippen LogP contribution in [0.3, 0.4) is 0 Å². The van der Waals surface area contributed by atoms with Gasteiger partial charge in [0.25, 0.3) is 0 Å². The molecule has 0 rings (SSSR count). The number of nitrogens with zero attached hydrogens (tertiary/aromatic N) is 1. The molecule has 19 heavy (non-hydrogen) atoms. The van der Waals surface area contributed by atoms with Gasteiger partial charge in [-0.15, -0.1) is 0 Å². The maximum Gasteiger partial charge on any atom is 0.334 e. The van der Waals surface area contributed by atoms with Gasteiger partial charge in [-0.2, -0.15) is 0 Å². The van der Waals surface area contributed by atoms with E-state index in [9.17, 15) is 4.79 Å². The van der Waals surface area contributed by atoms with Crippen LogP contribution in [0.4, 0.5) is 0 Å². The summed E-state index contributed by atoms with van der Waals surface area (Å²) in [6.45, 7) is 13.3. The van der Waals surface area contributed by atoms with Gasteiger partial charge in [-0.3, -0.25) is 4.90 Å². The highest BCUT2D eigenvalue weighted by Crippen LogP contribution is 2.06. The average Bonchev–Trinajstić information content (AvgIpc) is 2.39. The monoisotopic (exact) mass is 269 g/mol. The molecular formula is C16H31NO2. The molecule has 0 spiro atoms. The predicted octanol–water partition coefficient (Wildman–Crippen LogP) is 3.79. The van der Waals surface area contributed by atoms with Crippen LogP contribution in [0.5, 0.6) is 0 Å². The van der Waals surface area contributed by atoms with Crippen molar-refractivity contribution in [3.05, 3.63) is 12.2 Å². The number of rotatable bonds is 12. The Morgan fingerprint density at radius 3 is 1.95 bits per heavy atom. The van der Waals surface area contributed by atoms with Crippen molar-refractivity contribution >= 4 is 5.97 Å². The molecular weight excluding hydrogens is 238 g/mol. The Morgan fingerprint density at radius 2 is 1.53 bits per heavy atom. The Labute approximate surface area is 119 Å². The number of ether oxygens (including phenoxy) is 1. The van der Waals surface area contributed by atoms with Crippen molar-refractivity contribution in [1.82, 2.24) is 4.90 Å². The quantitative estimate of drug-likeness (QED) is 0.307. The van der Waals surface area contributed by atoms with Gasteiger partial charge >= 0.3 is 5.97 Å². The maximum atomic E-state index is 11.6. The van der Waals surface area contributed by atoms with Crippen molar-refractivity contribution in [1.29, 1.82) is 0 Å². The Bertz CT molecular complexity index is 241. The highest BCUT2D eigenvalue weighted by atomic mass is 16.5. The topological polar surface area (TPSA) is 29.5 Å². The summed E-state index contributed by atoms with van der Waals surface area (Å²) in [5.41, 5.74) is 0.579. The molecule has 3 nitrogen and oxygen atoms in total. The summed E-state index contributed by atoms with van der Waals surface area (Å²) in [4.78, 5) is 13.9. The highest BCUT2D eigenvalue weighted by molar-refractivity contribution is 5.88. The lowest BCUT2D eigenvalue weighted by Gasteiger charge is -2.22. The summed E-state index contributed by atoms with van der Waals surface area (Å²) >= 11 is 0. The van der Waals surface area contributed by atoms with Crippen LogP contribution in [-0.2, 0) is 9.53 Å². The molecule has 0 aromatic carbocycles. The SMILES string of the molecule is C=C(CN(CCCCC)CCCCC)C(=O)OCC. The number of esters is 1. The summed E-state index contributed by atoms with van der Waals surface area (Å²) in [5, 5.41) is 0. The third-order valence-corrected chi connectivity index (χ3v) is 3.13. The van der Waals surface area contributed by atoms with Gasteiger partial charge in [-0.25, -0.2) is 4.79 Å². The zero-order valence-corrected chi connectivity index (χ0v) is 13.0. The summed E-state index contributed by atoms with van der Waals surface area (Å²) in [6.07, 6.45) is 7.33. The van der Waals surface area contributed by atoms with Crippen molar-refractivity contribution in [3.8, 4) is 0 Å². The van der Waals surface area contributed by atoms with E-state index in [-0.39, 0.29) is 5.97 Å². The van der Waals surface area contributed by atoms with Gasteiger partial charge in [-0.1, -0.05) is 46.1 Å². The third-order valence-electron chi connectivity index (χ3n) is 3.13. The molecule has 0 unspecified atom stereocenters. The molecule has 0 atom stereocenters. The summed E-state index contributed by atoms with van der Waals surface area (Å²) in [6, 6.07) is 0. The lowest BCUT2D eigenvalue weighted by Crippen LogP contribution is -2.30. The van der Waals surface area contributed by atoms with Crippen molar-refractivity contribution in [2.45, 2.75) is 59.3 Å². The van der Waals surface area contributed by atoms with E-state index in [4.69, 9.17) is 4.74 Å². The molecule has 0 radical (unpaired) electrons. The molecule has 0 bridgehead atoms. The normalized spacial score (nSPS) is 10.7. The van der Waals surface area contributed by atoms with E-state index in [0.717, 1.165) is 13.1 Å². The second-order valence-electron chi connectivity index (χ2n) is 5.01. The maximum absolute atomic E-state index is 11.6. The van der Waals surface area contributed by atoms with Crippen LogP contribution in [0.25, 0.3) is 0 Å². The van der Waals surface area contributed by atoms with Gasteiger partial charge in [0.2, 0.25) is 0 Å². The first-order valence-electron chi connectivity index (χ1n) is 7.72. The van der Waals surface area contributed by atoms with Crippen LogP contribution < -0.4 is 0 Å². The van der Waals surface area contributed by atoms with Crippen molar-refractivity contribution in [2.75, 3.05) is 26.2 Å². The summed E-state index contributed by atoms with van der Waals surface area (Å²) in [7, 11) is 0. The second-order valence-corrected chi connectivity index (χ2v) is 5.01. The van der Waals surface area contributed by atoms with Gasteiger partial charge in [0.15, 0.2) is 0 Å². The molecule has 0 amide bonds. The lowest BCUT2D eigenvalue weighted by atomic mass is 10.2. The van der Waals surface area contributed by atoms with E-state index in [0.29, 0.717) is 18.7 Å². The molecule has 0 aliphatic rings. The fourth-order valence-electron chi connectivity index (χ4n) is 2.01. The van der Waals surface area contributed by atoms with Crippen LogP contribution in [0.15, 0.2) is 12.2 Å². The number of carbonyl (C=O) groups is 1. The largest absolute Gasteiger partial charge is 0.463 e. The van der Waals surface area contributed by atoms with Gasteiger partial charge in [-0.05, 0) is 32.9 Å². The first kappa shape index (κ1) is 18.2. The van der Waals surface area contributed by atoms with Crippen LogP contribution in [-0.4, -0.2) is 37.1 Å². The Balaban J connectivity index is 4.14. The minimum Gasteiger partial charge on any atom is -0.463 e. The molecule has 0 aliphatic heterocycles. The fourth-order valence-corrected chi connectivity index (χ4v) is 2.01. The zero-order chi connectivity index (χ0) is 14.5. The first-order chi connectivity index (χ1) is 9.15. The van der Waals surface area contributed by atoms with Gasteiger partial charge in [0.05, 0.1) is 6.61 Å². The zero-order valence-electron chi connectivity index (χ0n) is 13.0. The van der Waals surface area contributed by atoms with Gasteiger partial charge < -0.3 is 4.74 Å². The lowest BCUT2D eigenvalue weighted by molar-refractivity contribution is -0.138. The van der Waals surface area contributed by atoms with Crippen LogP contribution in [0.2, 0.25) is 0 Å². The molecule has 0 saturated heterocycles. The molecule has 0 N–H and O–H groups in total. The average molecular weight is 269 g/mol. The smallest absolute Gasteiger partial charge is 0.334 e. The molecule has 0 aromatic heterocycles.